The van der Waals surface area contributed by atoms with E-state index < -0.39 is 0 Å². The molecule has 57 valence electrons. The second-order valence-corrected chi connectivity index (χ2v) is 2.91. The zero-order valence-electron chi connectivity index (χ0n) is 5.58. The number of hydrogen-bond acceptors (Lipinski definition) is 2. The molecule has 11 heavy (non-hydrogen) atoms. The molecule has 0 spiro atoms. The van der Waals surface area contributed by atoms with Gasteiger partial charge >= 0.3 is 0 Å². The first-order valence-corrected chi connectivity index (χ1v) is 3.71. The fourth-order valence-electron chi connectivity index (χ4n) is 0.870. The van der Waals surface area contributed by atoms with E-state index in [4.69, 9.17) is 9.47 Å². The summed E-state index contributed by atoms with van der Waals surface area (Å²) in [4.78, 5) is 0. The van der Waals surface area contributed by atoms with E-state index in [-0.39, 0.29) is 6.15 Å². The van der Waals surface area contributed by atoms with Crippen LogP contribution in [-0.4, -0.2) is 6.79 Å². The maximum Gasteiger partial charge on any atom is 0.231 e. The summed E-state index contributed by atoms with van der Waals surface area (Å²) in [7, 11) is 0. The summed E-state index contributed by atoms with van der Waals surface area (Å²) < 4.78 is 11.2. The second-order valence-electron chi connectivity index (χ2n) is 2.00. The van der Waals surface area contributed by atoms with Crippen LogP contribution in [0.1, 0.15) is 0 Å². The predicted octanol–water partition coefficient (Wildman–Crippen LogP) is 1.70. The molecular weight excluding hydrogens is 210 g/mol. The molecular formula is C7H5BrNO2. The minimum absolute atomic E-state index is 0. The SMILES string of the molecule is Brc1ccc2c(c1)OCO2.[N]. The van der Waals surface area contributed by atoms with Crippen LogP contribution in [0.2, 0.25) is 0 Å². The molecule has 2 rings (SSSR count). The molecule has 1 heterocycles. The Morgan fingerprint density at radius 1 is 1.18 bits per heavy atom. The first kappa shape index (κ1) is 8.36. The van der Waals surface area contributed by atoms with Gasteiger partial charge < -0.3 is 9.47 Å². The number of ether oxygens (including phenoxy) is 2. The average Bonchev–Trinajstić information content (AvgIpc) is 2.33. The van der Waals surface area contributed by atoms with Gasteiger partial charge in [-0.3, -0.25) is 0 Å². The van der Waals surface area contributed by atoms with E-state index in [1.165, 1.54) is 0 Å². The number of rotatable bonds is 0. The minimum atomic E-state index is 0. The molecule has 1 aromatic rings. The third-order valence-corrected chi connectivity index (χ3v) is 1.83. The van der Waals surface area contributed by atoms with E-state index in [1.54, 1.807) is 0 Å². The zero-order valence-corrected chi connectivity index (χ0v) is 7.17. The summed E-state index contributed by atoms with van der Waals surface area (Å²) in [5.41, 5.74) is 0. The summed E-state index contributed by atoms with van der Waals surface area (Å²) in [5, 5.41) is 0. The largest absolute Gasteiger partial charge is 0.454 e. The first-order chi connectivity index (χ1) is 4.86. The van der Waals surface area contributed by atoms with Crippen LogP contribution in [0.3, 0.4) is 0 Å². The molecule has 0 aliphatic carbocycles. The molecule has 0 atom stereocenters. The summed E-state index contributed by atoms with van der Waals surface area (Å²) in [6.45, 7) is 0.339. The minimum Gasteiger partial charge on any atom is -0.454 e. The van der Waals surface area contributed by atoms with E-state index in [2.05, 4.69) is 15.9 Å². The Hall–Kier alpha value is -0.740. The molecule has 1 aliphatic heterocycles. The van der Waals surface area contributed by atoms with Crippen LogP contribution in [0, 0.1) is 0 Å². The van der Waals surface area contributed by atoms with Gasteiger partial charge in [-0.05, 0) is 18.2 Å². The van der Waals surface area contributed by atoms with Crippen molar-refractivity contribution in [1.82, 2.24) is 6.15 Å². The predicted molar refractivity (Wildman–Crippen MR) is 42.4 cm³/mol. The van der Waals surface area contributed by atoms with Crippen LogP contribution in [0.5, 0.6) is 11.5 Å². The second kappa shape index (κ2) is 3.11. The molecule has 1 aromatic carbocycles. The Bertz CT molecular complexity index is 265. The molecule has 0 unspecified atom stereocenters. The summed E-state index contributed by atoms with van der Waals surface area (Å²) in [6, 6.07) is 5.70. The van der Waals surface area contributed by atoms with E-state index in [0.29, 0.717) is 6.79 Å². The Morgan fingerprint density at radius 3 is 2.73 bits per heavy atom. The maximum atomic E-state index is 5.13. The fraction of sp³-hybridized carbons (Fsp3) is 0.143. The molecule has 0 aromatic heterocycles. The molecule has 0 bridgehead atoms. The molecule has 4 heteroatoms. The highest BCUT2D eigenvalue weighted by Crippen LogP contribution is 2.33. The lowest BCUT2D eigenvalue weighted by atomic mass is 10.3. The molecule has 3 nitrogen and oxygen atoms in total. The van der Waals surface area contributed by atoms with Gasteiger partial charge in [-0.2, -0.15) is 0 Å². The molecule has 0 saturated heterocycles. The van der Waals surface area contributed by atoms with Crippen LogP contribution in [-0.2, 0) is 0 Å². The topological polar surface area (TPSA) is 49.0 Å². The number of fused-ring (bicyclic) bond motifs is 1. The Kier molecular flexibility index (Phi) is 2.36. The van der Waals surface area contributed by atoms with Gasteiger partial charge in [0.25, 0.3) is 0 Å². The van der Waals surface area contributed by atoms with E-state index in [9.17, 15) is 0 Å². The zero-order chi connectivity index (χ0) is 6.97. The lowest BCUT2D eigenvalue weighted by Gasteiger charge is -1.93. The number of benzene rings is 1. The van der Waals surface area contributed by atoms with Crippen LogP contribution < -0.4 is 15.6 Å². The molecule has 0 N–H and O–H groups in total. The van der Waals surface area contributed by atoms with Crippen molar-refractivity contribution in [2.75, 3.05) is 6.79 Å². The third kappa shape index (κ3) is 1.46. The van der Waals surface area contributed by atoms with Crippen LogP contribution in [0.4, 0.5) is 0 Å². The van der Waals surface area contributed by atoms with Gasteiger partial charge in [0, 0.05) is 10.6 Å². The number of hydrogen-bond donors (Lipinski definition) is 0. The summed E-state index contributed by atoms with van der Waals surface area (Å²) in [5.74, 6) is 1.64. The van der Waals surface area contributed by atoms with Crippen molar-refractivity contribution in [3.63, 3.8) is 0 Å². The Morgan fingerprint density at radius 2 is 1.91 bits per heavy atom. The van der Waals surface area contributed by atoms with E-state index in [1.807, 2.05) is 18.2 Å². The fourth-order valence-corrected chi connectivity index (χ4v) is 1.21. The normalized spacial score (nSPS) is 12.5. The van der Waals surface area contributed by atoms with Crippen LogP contribution >= 0.6 is 15.9 Å². The highest BCUT2D eigenvalue weighted by Gasteiger charge is 2.11. The van der Waals surface area contributed by atoms with Gasteiger partial charge in [0.2, 0.25) is 6.79 Å². The quantitative estimate of drug-likeness (QED) is 0.661. The first-order valence-electron chi connectivity index (χ1n) is 2.91. The van der Waals surface area contributed by atoms with Crippen LogP contribution in [0.25, 0.3) is 0 Å². The number of nitrogens with zero attached hydrogens (tertiary/aromatic N) is 1. The highest BCUT2D eigenvalue weighted by atomic mass is 79.9. The summed E-state index contributed by atoms with van der Waals surface area (Å²) >= 11 is 3.33. The lowest BCUT2D eigenvalue weighted by molar-refractivity contribution is 0.174. The highest BCUT2D eigenvalue weighted by molar-refractivity contribution is 9.10. The maximum absolute atomic E-state index is 5.13. The van der Waals surface area contributed by atoms with Crippen molar-refractivity contribution in [2.24, 2.45) is 0 Å². The third-order valence-electron chi connectivity index (χ3n) is 1.33. The number of halogens is 1. The molecule has 0 saturated carbocycles. The van der Waals surface area contributed by atoms with Crippen LogP contribution in [0.15, 0.2) is 22.7 Å². The lowest BCUT2D eigenvalue weighted by Crippen LogP contribution is -1.92. The van der Waals surface area contributed by atoms with Crippen molar-refractivity contribution in [3.05, 3.63) is 22.7 Å². The Labute approximate surface area is 73.0 Å². The Balaban J connectivity index is 0.000000605. The smallest absolute Gasteiger partial charge is 0.231 e. The summed E-state index contributed by atoms with van der Waals surface area (Å²) in [6.07, 6.45) is 0. The van der Waals surface area contributed by atoms with Gasteiger partial charge in [0.05, 0.1) is 0 Å². The van der Waals surface area contributed by atoms with E-state index in [0.717, 1.165) is 16.0 Å². The van der Waals surface area contributed by atoms with Gasteiger partial charge in [0.1, 0.15) is 0 Å². The standard InChI is InChI=1S/C7H5BrO2.N/c8-5-1-2-6-7(3-5)10-4-9-6;/h1-3H,4H2;. The van der Waals surface area contributed by atoms with Gasteiger partial charge in [-0.25, -0.2) is 0 Å². The van der Waals surface area contributed by atoms with Crippen molar-refractivity contribution < 1.29 is 9.47 Å². The van der Waals surface area contributed by atoms with Gasteiger partial charge in [-0.1, -0.05) is 15.9 Å². The van der Waals surface area contributed by atoms with Crippen molar-refractivity contribution in [3.8, 4) is 11.5 Å². The van der Waals surface area contributed by atoms with E-state index >= 15 is 0 Å². The van der Waals surface area contributed by atoms with Crippen molar-refractivity contribution >= 4 is 15.9 Å². The van der Waals surface area contributed by atoms with Gasteiger partial charge in [0.15, 0.2) is 11.5 Å². The molecule has 0 amide bonds. The molecule has 3 radical (unpaired) electrons. The average molecular weight is 215 g/mol. The molecule has 1 aliphatic rings. The monoisotopic (exact) mass is 214 g/mol. The molecule has 0 fully saturated rings. The van der Waals surface area contributed by atoms with Gasteiger partial charge in [-0.15, -0.1) is 0 Å². The van der Waals surface area contributed by atoms with Crippen molar-refractivity contribution in [1.29, 1.82) is 0 Å². The van der Waals surface area contributed by atoms with Crippen molar-refractivity contribution in [2.45, 2.75) is 0 Å².